The van der Waals surface area contributed by atoms with Gasteiger partial charge in [-0.15, -0.1) is 0 Å². The summed E-state index contributed by atoms with van der Waals surface area (Å²) in [6.45, 7) is 5.09. The lowest BCUT2D eigenvalue weighted by Gasteiger charge is -2.23. The van der Waals surface area contributed by atoms with Crippen molar-refractivity contribution >= 4 is 11.6 Å². The zero-order valence-corrected chi connectivity index (χ0v) is 19.4. The normalized spacial score (nSPS) is 10.8. The lowest BCUT2D eigenvalue weighted by atomic mass is 10.1. The highest BCUT2D eigenvalue weighted by Gasteiger charge is 2.11. The van der Waals surface area contributed by atoms with Gasteiger partial charge in [0.15, 0.2) is 11.5 Å². The summed E-state index contributed by atoms with van der Waals surface area (Å²) >= 11 is 0. The smallest absolute Gasteiger partial charge is 0.221 e. The van der Waals surface area contributed by atoms with Crippen molar-refractivity contribution in [1.29, 1.82) is 0 Å². The summed E-state index contributed by atoms with van der Waals surface area (Å²) in [6, 6.07) is 24.1. The fourth-order valence-corrected chi connectivity index (χ4v) is 3.61. The van der Waals surface area contributed by atoms with Crippen LogP contribution in [0.2, 0.25) is 0 Å². The number of benzene rings is 3. The Labute approximate surface area is 196 Å². The Kier molecular flexibility index (Phi) is 9.30. The molecule has 174 valence electrons. The van der Waals surface area contributed by atoms with Crippen LogP contribution in [0, 0.1) is 0 Å². The summed E-state index contributed by atoms with van der Waals surface area (Å²) < 4.78 is 11.6. The number of anilines is 1. The molecule has 0 aromatic heterocycles. The zero-order chi connectivity index (χ0) is 23.5. The van der Waals surface area contributed by atoms with E-state index in [1.165, 1.54) is 12.5 Å². The number of hydrogen-bond donors (Lipinski definition) is 2. The van der Waals surface area contributed by atoms with Gasteiger partial charge in [-0.2, -0.15) is 0 Å². The van der Waals surface area contributed by atoms with Gasteiger partial charge in [-0.05, 0) is 53.9 Å². The van der Waals surface area contributed by atoms with E-state index >= 15 is 0 Å². The van der Waals surface area contributed by atoms with Gasteiger partial charge in [0.1, 0.15) is 6.61 Å². The summed E-state index contributed by atoms with van der Waals surface area (Å²) in [5, 5.41) is 2.80. The molecule has 6 heteroatoms. The molecule has 0 bridgehead atoms. The quantitative estimate of drug-likeness (QED) is 0.425. The number of carbonyl (C=O) groups excluding carboxylic acids is 1. The number of methoxy groups -OCH3 is 1. The highest BCUT2D eigenvalue weighted by Crippen LogP contribution is 2.29. The van der Waals surface area contributed by atoms with E-state index in [0.29, 0.717) is 13.2 Å². The summed E-state index contributed by atoms with van der Waals surface area (Å²) in [4.78, 5) is 13.6. The van der Waals surface area contributed by atoms with Crippen molar-refractivity contribution in [2.75, 3.05) is 25.5 Å². The zero-order valence-electron chi connectivity index (χ0n) is 19.4. The van der Waals surface area contributed by atoms with E-state index in [2.05, 4.69) is 16.3 Å². The Bertz CT molecular complexity index is 1010. The van der Waals surface area contributed by atoms with E-state index in [4.69, 9.17) is 15.2 Å². The first-order valence-corrected chi connectivity index (χ1v) is 11.2. The first-order valence-electron chi connectivity index (χ1n) is 11.2. The number of nitrogens with one attached hydrogen (secondary N) is 1. The standard InChI is InChI=1S/C27H33N3O3/c1-21(31)29-25-12-9-22(10-13-25)18-30(16-6-15-28)19-24-11-14-26(27(17-24)32-2)33-20-23-7-4-3-5-8-23/h3-5,7-14,17H,6,15-16,18-20,28H2,1-2H3,(H,29,31). The van der Waals surface area contributed by atoms with Gasteiger partial charge in [-0.1, -0.05) is 48.5 Å². The van der Waals surface area contributed by atoms with Gasteiger partial charge in [0.05, 0.1) is 7.11 Å². The molecule has 0 heterocycles. The summed E-state index contributed by atoms with van der Waals surface area (Å²) in [5.74, 6) is 1.38. The van der Waals surface area contributed by atoms with E-state index in [1.54, 1.807) is 7.11 Å². The van der Waals surface area contributed by atoms with Crippen LogP contribution in [-0.4, -0.2) is 31.0 Å². The highest BCUT2D eigenvalue weighted by molar-refractivity contribution is 5.88. The van der Waals surface area contributed by atoms with Crippen LogP contribution in [0.5, 0.6) is 11.5 Å². The molecule has 33 heavy (non-hydrogen) atoms. The Balaban J connectivity index is 1.66. The van der Waals surface area contributed by atoms with Gasteiger partial charge in [-0.3, -0.25) is 9.69 Å². The van der Waals surface area contributed by atoms with Gasteiger partial charge in [0.25, 0.3) is 0 Å². The lowest BCUT2D eigenvalue weighted by Crippen LogP contribution is -2.25. The van der Waals surface area contributed by atoms with Crippen LogP contribution < -0.4 is 20.5 Å². The van der Waals surface area contributed by atoms with Crippen molar-refractivity contribution in [1.82, 2.24) is 4.90 Å². The maximum Gasteiger partial charge on any atom is 0.221 e. The van der Waals surface area contributed by atoms with Gasteiger partial charge < -0.3 is 20.5 Å². The third-order valence-electron chi connectivity index (χ3n) is 5.23. The molecule has 0 spiro atoms. The number of ether oxygens (including phenoxy) is 2. The third kappa shape index (κ3) is 7.93. The monoisotopic (exact) mass is 447 g/mol. The second kappa shape index (κ2) is 12.6. The summed E-state index contributed by atoms with van der Waals surface area (Å²) in [7, 11) is 1.66. The third-order valence-corrected chi connectivity index (χ3v) is 5.23. The minimum Gasteiger partial charge on any atom is -0.493 e. The predicted molar refractivity (Wildman–Crippen MR) is 132 cm³/mol. The van der Waals surface area contributed by atoms with E-state index in [0.717, 1.165) is 54.4 Å². The van der Waals surface area contributed by atoms with Gasteiger partial charge in [0.2, 0.25) is 5.91 Å². The second-order valence-electron chi connectivity index (χ2n) is 7.99. The molecule has 0 fully saturated rings. The summed E-state index contributed by atoms with van der Waals surface area (Å²) in [5.41, 5.74) is 10.0. The number of carbonyl (C=O) groups is 1. The van der Waals surface area contributed by atoms with Crippen LogP contribution in [0.15, 0.2) is 72.8 Å². The average Bonchev–Trinajstić information content (AvgIpc) is 2.83. The Morgan fingerprint density at radius 1 is 0.909 bits per heavy atom. The molecule has 3 aromatic rings. The van der Waals surface area contributed by atoms with E-state index < -0.39 is 0 Å². The molecule has 0 unspecified atom stereocenters. The highest BCUT2D eigenvalue weighted by atomic mass is 16.5. The lowest BCUT2D eigenvalue weighted by molar-refractivity contribution is -0.114. The first kappa shape index (κ1) is 24.3. The molecule has 3 N–H and O–H groups in total. The maximum absolute atomic E-state index is 11.2. The van der Waals surface area contributed by atoms with E-state index in [1.807, 2.05) is 66.7 Å². The maximum atomic E-state index is 11.2. The van der Waals surface area contributed by atoms with Crippen LogP contribution >= 0.6 is 0 Å². The molecule has 0 aliphatic rings. The molecular formula is C27H33N3O3. The van der Waals surface area contributed by atoms with Gasteiger partial charge >= 0.3 is 0 Å². The number of nitrogens with zero attached hydrogens (tertiary/aromatic N) is 1. The topological polar surface area (TPSA) is 76.8 Å². The summed E-state index contributed by atoms with van der Waals surface area (Å²) in [6.07, 6.45) is 0.916. The Morgan fingerprint density at radius 3 is 2.27 bits per heavy atom. The van der Waals surface area contributed by atoms with Crippen LogP contribution in [0.4, 0.5) is 5.69 Å². The number of amides is 1. The molecule has 6 nitrogen and oxygen atoms in total. The van der Waals surface area contributed by atoms with Gasteiger partial charge in [0, 0.05) is 32.2 Å². The number of hydrogen-bond acceptors (Lipinski definition) is 5. The van der Waals surface area contributed by atoms with E-state index in [9.17, 15) is 4.79 Å². The SMILES string of the molecule is COc1cc(CN(CCCN)Cc2ccc(NC(C)=O)cc2)ccc1OCc1ccccc1. The number of rotatable bonds is 12. The van der Waals surface area contributed by atoms with Gasteiger partial charge in [-0.25, -0.2) is 0 Å². The van der Waals surface area contributed by atoms with Crippen LogP contribution in [0.3, 0.4) is 0 Å². The van der Waals surface area contributed by atoms with Crippen molar-refractivity contribution in [3.05, 3.63) is 89.5 Å². The minimum absolute atomic E-state index is 0.0718. The predicted octanol–water partition coefficient (Wildman–Crippen LogP) is 4.58. The molecule has 0 aliphatic heterocycles. The van der Waals surface area contributed by atoms with Crippen molar-refractivity contribution in [2.45, 2.75) is 33.0 Å². The van der Waals surface area contributed by atoms with Crippen LogP contribution in [0.25, 0.3) is 0 Å². The fraction of sp³-hybridized carbons (Fsp3) is 0.296. The molecule has 0 saturated carbocycles. The molecule has 3 rings (SSSR count). The number of nitrogens with two attached hydrogens (primary N) is 1. The van der Waals surface area contributed by atoms with Crippen molar-refractivity contribution in [2.24, 2.45) is 5.73 Å². The largest absolute Gasteiger partial charge is 0.493 e. The molecule has 0 aliphatic carbocycles. The van der Waals surface area contributed by atoms with Crippen molar-refractivity contribution in [3.63, 3.8) is 0 Å². The Hall–Kier alpha value is -3.35. The molecular weight excluding hydrogens is 414 g/mol. The van der Waals surface area contributed by atoms with Crippen molar-refractivity contribution < 1.29 is 14.3 Å². The molecule has 0 atom stereocenters. The first-order chi connectivity index (χ1) is 16.1. The average molecular weight is 448 g/mol. The second-order valence-corrected chi connectivity index (χ2v) is 7.99. The van der Waals surface area contributed by atoms with Crippen LogP contribution in [0.1, 0.15) is 30.0 Å². The van der Waals surface area contributed by atoms with Crippen LogP contribution in [-0.2, 0) is 24.5 Å². The molecule has 1 amide bonds. The Morgan fingerprint density at radius 2 is 1.61 bits per heavy atom. The molecule has 0 radical (unpaired) electrons. The molecule has 3 aromatic carbocycles. The molecule has 0 saturated heterocycles. The van der Waals surface area contributed by atoms with E-state index in [-0.39, 0.29) is 5.91 Å². The minimum atomic E-state index is -0.0718. The fourth-order valence-electron chi connectivity index (χ4n) is 3.61. The van der Waals surface area contributed by atoms with Crippen molar-refractivity contribution in [3.8, 4) is 11.5 Å².